The largest absolute Gasteiger partial charge is 0.480 e. The molecule has 132 valence electrons. The SMILES string of the molecule is CCCC(NC(=O)c1ccc2c(c1)S(=O)(=O)Nc1ncnn1-2)C(=O)O. The van der Waals surface area contributed by atoms with Crippen molar-refractivity contribution in [3.05, 3.63) is 30.1 Å². The summed E-state index contributed by atoms with van der Waals surface area (Å²) in [7, 11) is -3.91. The van der Waals surface area contributed by atoms with E-state index in [0.717, 1.165) is 0 Å². The Morgan fingerprint density at radius 2 is 2.16 bits per heavy atom. The van der Waals surface area contributed by atoms with Gasteiger partial charge in [-0.3, -0.25) is 4.79 Å². The number of carboxylic acids is 1. The van der Waals surface area contributed by atoms with Gasteiger partial charge in [0.1, 0.15) is 17.3 Å². The number of hydrogen-bond acceptors (Lipinski definition) is 6. The van der Waals surface area contributed by atoms with Crippen LogP contribution in [0.15, 0.2) is 29.4 Å². The first kappa shape index (κ1) is 16.9. The zero-order chi connectivity index (χ0) is 18.2. The fraction of sp³-hybridized carbons (Fsp3) is 0.286. The number of nitrogens with zero attached hydrogens (tertiary/aromatic N) is 3. The summed E-state index contributed by atoms with van der Waals surface area (Å²) in [4.78, 5) is 27.1. The van der Waals surface area contributed by atoms with E-state index in [-0.39, 0.29) is 28.5 Å². The summed E-state index contributed by atoms with van der Waals surface area (Å²) in [6.07, 6.45) is 2.05. The molecule has 2 aromatic rings. The van der Waals surface area contributed by atoms with Gasteiger partial charge in [-0.1, -0.05) is 13.3 Å². The Bertz CT molecular complexity index is 952. The predicted molar refractivity (Wildman–Crippen MR) is 86.0 cm³/mol. The van der Waals surface area contributed by atoms with Gasteiger partial charge in [-0.2, -0.15) is 14.8 Å². The quantitative estimate of drug-likeness (QED) is 0.694. The molecule has 3 rings (SSSR count). The lowest BCUT2D eigenvalue weighted by atomic mass is 10.1. The van der Waals surface area contributed by atoms with Crippen LogP contribution in [0.5, 0.6) is 0 Å². The average molecular weight is 365 g/mol. The minimum absolute atomic E-state index is 0.0371. The van der Waals surface area contributed by atoms with Crippen LogP contribution in [0.3, 0.4) is 0 Å². The smallest absolute Gasteiger partial charge is 0.326 e. The number of hydrogen-bond donors (Lipinski definition) is 3. The average Bonchev–Trinajstić information content (AvgIpc) is 3.01. The second-order valence-electron chi connectivity index (χ2n) is 5.44. The van der Waals surface area contributed by atoms with Crippen LogP contribution in [0, 0.1) is 0 Å². The molecule has 0 aliphatic carbocycles. The van der Waals surface area contributed by atoms with Crippen molar-refractivity contribution < 1.29 is 23.1 Å². The van der Waals surface area contributed by atoms with Crippen molar-refractivity contribution in [3.8, 4) is 5.69 Å². The molecular weight excluding hydrogens is 350 g/mol. The standard InChI is InChI=1S/C14H15N5O5S/c1-2-3-9(13(21)22)17-12(20)8-4-5-10-11(6-8)25(23,24)18-14-15-7-16-19(10)14/h4-7,9H,2-3H2,1H3,(H,17,20)(H,21,22)(H,15,16,18). The fourth-order valence-corrected chi connectivity index (χ4v) is 3.70. The number of carbonyl (C=O) groups excluding carboxylic acids is 1. The van der Waals surface area contributed by atoms with Crippen molar-refractivity contribution in [2.24, 2.45) is 0 Å². The van der Waals surface area contributed by atoms with Crippen LogP contribution in [0.1, 0.15) is 30.1 Å². The molecular formula is C14H15N5O5S. The number of carbonyl (C=O) groups is 2. The topological polar surface area (TPSA) is 143 Å². The van der Waals surface area contributed by atoms with Gasteiger partial charge in [0, 0.05) is 5.56 Å². The highest BCUT2D eigenvalue weighted by atomic mass is 32.2. The van der Waals surface area contributed by atoms with E-state index in [9.17, 15) is 18.0 Å². The number of anilines is 1. The minimum atomic E-state index is -3.91. The number of benzene rings is 1. The second kappa shape index (κ2) is 6.16. The molecule has 0 radical (unpaired) electrons. The summed E-state index contributed by atoms with van der Waals surface area (Å²) in [6, 6.07) is 2.98. The molecule has 1 aliphatic heterocycles. The lowest BCUT2D eigenvalue weighted by Crippen LogP contribution is -2.40. The van der Waals surface area contributed by atoms with Crippen LogP contribution in [0.4, 0.5) is 5.95 Å². The molecule has 1 atom stereocenters. The molecule has 1 unspecified atom stereocenters. The third-order valence-corrected chi connectivity index (χ3v) is 5.05. The molecule has 1 amide bonds. The first-order chi connectivity index (χ1) is 11.8. The van der Waals surface area contributed by atoms with Gasteiger partial charge in [-0.15, -0.1) is 0 Å². The molecule has 3 N–H and O–H groups in total. The van der Waals surface area contributed by atoms with Gasteiger partial charge >= 0.3 is 5.97 Å². The number of fused-ring (bicyclic) bond motifs is 3. The van der Waals surface area contributed by atoms with Crippen molar-refractivity contribution in [1.29, 1.82) is 0 Å². The van der Waals surface area contributed by atoms with E-state index in [0.29, 0.717) is 6.42 Å². The van der Waals surface area contributed by atoms with Crippen molar-refractivity contribution >= 4 is 27.8 Å². The van der Waals surface area contributed by atoms with E-state index in [1.165, 1.54) is 29.2 Å². The zero-order valence-electron chi connectivity index (χ0n) is 13.1. The lowest BCUT2D eigenvalue weighted by molar-refractivity contribution is -0.139. The van der Waals surface area contributed by atoms with Gasteiger partial charge in [-0.05, 0) is 24.6 Å². The normalized spacial score (nSPS) is 15.4. The van der Waals surface area contributed by atoms with Crippen LogP contribution in [-0.4, -0.2) is 46.2 Å². The predicted octanol–water partition coefficient (Wildman–Crippen LogP) is 0.365. The first-order valence-electron chi connectivity index (χ1n) is 7.44. The van der Waals surface area contributed by atoms with E-state index < -0.39 is 27.9 Å². The Balaban J connectivity index is 1.96. The maximum Gasteiger partial charge on any atom is 0.326 e. The summed E-state index contributed by atoms with van der Waals surface area (Å²) in [5.41, 5.74) is 0.293. The molecule has 1 aliphatic rings. The molecule has 11 heteroatoms. The number of carboxylic acid groups (broad SMARTS) is 1. The van der Waals surface area contributed by atoms with E-state index in [1.54, 1.807) is 6.92 Å². The van der Waals surface area contributed by atoms with Crippen LogP contribution in [-0.2, 0) is 14.8 Å². The summed E-state index contributed by atoms with van der Waals surface area (Å²) in [6.45, 7) is 1.80. The van der Waals surface area contributed by atoms with E-state index in [1.807, 2.05) is 0 Å². The van der Waals surface area contributed by atoms with Crippen LogP contribution in [0.2, 0.25) is 0 Å². The maximum atomic E-state index is 12.3. The zero-order valence-corrected chi connectivity index (χ0v) is 13.9. The van der Waals surface area contributed by atoms with Crippen molar-refractivity contribution in [2.75, 3.05) is 4.72 Å². The number of sulfonamides is 1. The van der Waals surface area contributed by atoms with Crippen molar-refractivity contribution in [3.63, 3.8) is 0 Å². The summed E-state index contributed by atoms with van der Waals surface area (Å²) in [5.74, 6) is -1.75. The first-order valence-corrected chi connectivity index (χ1v) is 8.92. The third-order valence-electron chi connectivity index (χ3n) is 3.69. The monoisotopic (exact) mass is 365 g/mol. The molecule has 1 aromatic heterocycles. The Morgan fingerprint density at radius 1 is 1.40 bits per heavy atom. The highest BCUT2D eigenvalue weighted by Crippen LogP contribution is 2.29. The van der Waals surface area contributed by atoms with Crippen molar-refractivity contribution in [1.82, 2.24) is 20.1 Å². The Labute approximate surface area is 142 Å². The summed E-state index contributed by atoms with van der Waals surface area (Å²) in [5, 5.41) is 15.4. The van der Waals surface area contributed by atoms with E-state index in [2.05, 4.69) is 20.1 Å². The Hall–Kier alpha value is -2.95. The van der Waals surface area contributed by atoms with Gasteiger partial charge in [0.15, 0.2) is 0 Å². The van der Waals surface area contributed by atoms with Gasteiger partial charge < -0.3 is 10.4 Å². The molecule has 0 bridgehead atoms. The Kier molecular flexibility index (Phi) is 4.17. The molecule has 10 nitrogen and oxygen atoms in total. The van der Waals surface area contributed by atoms with Gasteiger partial charge in [0.05, 0.1) is 5.69 Å². The highest BCUT2D eigenvalue weighted by Gasteiger charge is 2.30. The molecule has 2 heterocycles. The summed E-state index contributed by atoms with van der Waals surface area (Å²) >= 11 is 0. The van der Waals surface area contributed by atoms with Crippen LogP contribution >= 0.6 is 0 Å². The van der Waals surface area contributed by atoms with Gasteiger partial charge in [-0.25, -0.2) is 17.9 Å². The molecule has 25 heavy (non-hydrogen) atoms. The number of rotatable bonds is 5. The van der Waals surface area contributed by atoms with E-state index >= 15 is 0 Å². The van der Waals surface area contributed by atoms with Crippen molar-refractivity contribution in [2.45, 2.75) is 30.7 Å². The molecule has 1 aromatic carbocycles. The van der Waals surface area contributed by atoms with Gasteiger partial charge in [0.25, 0.3) is 15.9 Å². The number of nitrogens with one attached hydrogen (secondary N) is 2. The second-order valence-corrected chi connectivity index (χ2v) is 7.09. The number of aliphatic carboxylic acids is 1. The van der Waals surface area contributed by atoms with Crippen LogP contribution in [0.25, 0.3) is 5.69 Å². The molecule has 0 saturated heterocycles. The van der Waals surface area contributed by atoms with E-state index in [4.69, 9.17) is 5.11 Å². The molecule has 0 saturated carbocycles. The van der Waals surface area contributed by atoms with Gasteiger partial charge in [0.2, 0.25) is 5.95 Å². The number of amides is 1. The van der Waals surface area contributed by atoms with Crippen LogP contribution < -0.4 is 10.0 Å². The summed E-state index contributed by atoms with van der Waals surface area (Å²) < 4.78 is 28.2. The fourth-order valence-electron chi connectivity index (χ4n) is 2.50. The minimum Gasteiger partial charge on any atom is -0.480 e. The maximum absolute atomic E-state index is 12.3. The Morgan fingerprint density at radius 3 is 2.84 bits per heavy atom. The number of aromatic nitrogens is 3. The highest BCUT2D eigenvalue weighted by molar-refractivity contribution is 7.93. The third kappa shape index (κ3) is 3.05. The molecule has 0 spiro atoms. The lowest BCUT2D eigenvalue weighted by Gasteiger charge is -2.19. The molecule has 0 fully saturated rings.